The van der Waals surface area contributed by atoms with E-state index in [1.54, 1.807) is 6.92 Å². The van der Waals surface area contributed by atoms with Crippen molar-refractivity contribution in [2.75, 3.05) is 6.61 Å². The van der Waals surface area contributed by atoms with Crippen LogP contribution in [-0.2, 0) is 11.3 Å². The molecule has 0 bridgehead atoms. The van der Waals surface area contributed by atoms with Crippen LogP contribution in [0.3, 0.4) is 0 Å². The Kier molecular flexibility index (Phi) is 4.72. The van der Waals surface area contributed by atoms with Crippen LogP contribution in [0.15, 0.2) is 12.2 Å². The monoisotopic (exact) mass is 293 g/mol. The highest BCUT2D eigenvalue weighted by Crippen LogP contribution is 2.25. The predicted molar refractivity (Wildman–Crippen MR) is 76.1 cm³/mol. The van der Waals surface area contributed by atoms with E-state index in [9.17, 15) is 14.9 Å². The number of rotatable bonds is 5. The molecule has 0 fully saturated rings. The largest absolute Gasteiger partial charge is 0.460 e. The fraction of sp³-hybridized carbons (Fsp3) is 0.571. The molecule has 1 aromatic rings. The lowest BCUT2D eigenvalue weighted by molar-refractivity contribution is -0.385. The minimum Gasteiger partial charge on any atom is -0.460 e. The number of carbonyl (C=O) groups is 1. The van der Waals surface area contributed by atoms with Gasteiger partial charge >= 0.3 is 11.7 Å². The Morgan fingerprint density at radius 3 is 2.90 bits per heavy atom. The molecular weight excluding hydrogens is 274 g/mol. The average molecular weight is 293 g/mol. The van der Waals surface area contributed by atoms with Crippen molar-refractivity contribution in [3.8, 4) is 0 Å². The molecular formula is C14H19N3O4. The van der Waals surface area contributed by atoms with Crippen LogP contribution in [-0.4, -0.2) is 27.3 Å². The Balaban J connectivity index is 2.14. The zero-order valence-electron chi connectivity index (χ0n) is 12.2. The fourth-order valence-electron chi connectivity index (χ4n) is 2.49. The van der Waals surface area contributed by atoms with Gasteiger partial charge in [-0.1, -0.05) is 12.2 Å². The molecule has 0 N–H and O–H groups in total. The highest BCUT2D eigenvalue weighted by molar-refractivity contribution is 5.92. The molecule has 7 heteroatoms. The quantitative estimate of drug-likeness (QED) is 0.360. The number of nitro groups is 1. The molecule has 0 spiro atoms. The van der Waals surface area contributed by atoms with Crippen LogP contribution < -0.4 is 0 Å². The molecule has 1 heterocycles. The van der Waals surface area contributed by atoms with Crippen molar-refractivity contribution in [3.05, 3.63) is 33.7 Å². The molecule has 0 saturated heterocycles. The Hall–Kier alpha value is -2.18. The SMILES string of the molecule is CCn1nc(C)c([N+](=O)[O-])c1C(=O)OCC1CC=CCC1. The van der Waals surface area contributed by atoms with Gasteiger partial charge in [-0.05, 0) is 39.0 Å². The normalized spacial score (nSPS) is 17.7. The number of aryl methyl sites for hydroxylation is 2. The number of hydrogen-bond acceptors (Lipinski definition) is 5. The maximum absolute atomic E-state index is 12.2. The van der Waals surface area contributed by atoms with Gasteiger partial charge in [-0.3, -0.25) is 14.8 Å². The molecule has 0 aliphatic heterocycles. The van der Waals surface area contributed by atoms with Gasteiger partial charge in [-0.15, -0.1) is 0 Å². The summed E-state index contributed by atoms with van der Waals surface area (Å²) in [6, 6.07) is 0. The number of nitrogens with zero attached hydrogens (tertiary/aromatic N) is 3. The maximum atomic E-state index is 12.2. The van der Waals surface area contributed by atoms with Gasteiger partial charge in [-0.25, -0.2) is 4.79 Å². The van der Waals surface area contributed by atoms with Crippen molar-refractivity contribution < 1.29 is 14.5 Å². The molecule has 1 atom stereocenters. The summed E-state index contributed by atoms with van der Waals surface area (Å²) in [5, 5.41) is 15.1. The van der Waals surface area contributed by atoms with E-state index >= 15 is 0 Å². The molecule has 7 nitrogen and oxygen atoms in total. The Bertz CT molecular complexity index is 577. The third kappa shape index (κ3) is 3.29. The third-order valence-electron chi connectivity index (χ3n) is 3.60. The van der Waals surface area contributed by atoms with Gasteiger partial charge in [0, 0.05) is 6.54 Å². The summed E-state index contributed by atoms with van der Waals surface area (Å²) in [6.07, 6.45) is 7.01. The first kappa shape index (κ1) is 15.2. The van der Waals surface area contributed by atoms with Gasteiger partial charge in [0.1, 0.15) is 5.69 Å². The first-order valence-electron chi connectivity index (χ1n) is 7.08. The maximum Gasteiger partial charge on any atom is 0.363 e. The zero-order valence-corrected chi connectivity index (χ0v) is 12.2. The lowest BCUT2D eigenvalue weighted by Crippen LogP contribution is -2.19. The first-order chi connectivity index (χ1) is 10.0. The molecule has 0 saturated carbocycles. The molecule has 2 rings (SSSR count). The second-order valence-electron chi connectivity index (χ2n) is 5.10. The van der Waals surface area contributed by atoms with E-state index in [1.807, 2.05) is 0 Å². The van der Waals surface area contributed by atoms with Crippen LogP contribution >= 0.6 is 0 Å². The number of aromatic nitrogens is 2. The lowest BCUT2D eigenvalue weighted by atomic mass is 9.95. The molecule has 0 amide bonds. The Morgan fingerprint density at radius 1 is 1.57 bits per heavy atom. The van der Waals surface area contributed by atoms with Gasteiger partial charge in [0.25, 0.3) is 0 Å². The van der Waals surface area contributed by atoms with E-state index in [-0.39, 0.29) is 29.6 Å². The second-order valence-corrected chi connectivity index (χ2v) is 5.10. The second kappa shape index (κ2) is 6.51. The van der Waals surface area contributed by atoms with Gasteiger partial charge < -0.3 is 4.74 Å². The molecule has 0 aromatic carbocycles. The van der Waals surface area contributed by atoms with Crippen molar-refractivity contribution in [1.82, 2.24) is 9.78 Å². The summed E-state index contributed by atoms with van der Waals surface area (Å²) in [4.78, 5) is 22.7. The first-order valence-corrected chi connectivity index (χ1v) is 7.08. The standard InChI is InChI=1S/C14H19N3O4/c1-3-16-13(12(17(19)20)10(2)15-16)14(18)21-9-11-7-5-4-6-8-11/h4-5,11H,3,6-9H2,1-2H3. The van der Waals surface area contributed by atoms with Gasteiger partial charge in [0.05, 0.1) is 11.5 Å². The van der Waals surface area contributed by atoms with Crippen LogP contribution in [0.25, 0.3) is 0 Å². The molecule has 1 aliphatic carbocycles. The summed E-state index contributed by atoms with van der Waals surface area (Å²) in [7, 11) is 0. The Labute approximate surface area is 122 Å². The fourth-order valence-corrected chi connectivity index (χ4v) is 2.49. The van der Waals surface area contributed by atoms with Crippen LogP contribution in [0.2, 0.25) is 0 Å². The summed E-state index contributed by atoms with van der Waals surface area (Å²) >= 11 is 0. The molecule has 0 radical (unpaired) electrons. The third-order valence-corrected chi connectivity index (χ3v) is 3.60. The van der Waals surface area contributed by atoms with E-state index < -0.39 is 10.9 Å². The topological polar surface area (TPSA) is 87.3 Å². The van der Waals surface area contributed by atoms with Crippen molar-refractivity contribution in [2.24, 2.45) is 5.92 Å². The van der Waals surface area contributed by atoms with E-state index in [0.29, 0.717) is 6.54 Å². The summed E-state index contributed by atoms with van der Waals surface area (Å²) in [5.41, 5.74) is -0.0915. The number of hydrogen-bond donors (Lipinski definition) is 0. The number of esters is 1. The van der Waals surface area contributed by atoms with Crippen molar-refractivity contribution in [1.29, 1.82) is 0 Å². The van der Waals surface area contributed by atoms with E-state index in [2.05, 4.69) is 17.3 Å². The average Bonchev–Trinajstić information content (AvgIpc) is 2.82. The molecule has 21 heavy (non-hydrogen) atoms. The molecule has 1 unspecified atom stereocenters. The minimum absolute atomic E-state index is 0.0636. The number of carbonyl (C=O) groups excluding carboxylic acids is 1. The molecule has 114 valence electrons. The summed E-state index contributed by atoms with van der Waals surface area (Å²) < 4.78 is 6.61. The highest BCUT2D eigenvalue weighted by atomic mass is 16.6. The van der Waals surface area contributed by atoms with E-state index in [4.69, 9.17) is 4.74 Å². The lowest BCUT2D eigenvalue weighted by Gasteiger charge is -2.17. The molecule has 1 aromatic heterocycles. The van der Waals surface area contributed by atoms with Crippen LogP contribution in [0.4, 0.5) is 5.69 Å². The van der Waals surface area contributed by atoms with Crippen LogP contribution in [0.5, 0.6) is 0 Å². The van der Waals surface area contributed by atoms with Crippen LogP contribution in [0, 0.1) is 23.0 Å². The van der Waals surface area contributed by atoms with Gasteiger partial charge in [-0.2, -0.15) is 5.10 Å². The molecule has 1 aliphatic rings. The highest BCUT2D eigenvalue weighted by Gasteiger charge is 2.31. The van der Waals surface area contributed by atoms with E-state index in [1.165, 1.54) is 11.6 Å². The van der Waals surface area contributed by atoms with Crippen LogP contribution in [0.1, 0.15) is 42.4 Å². The van der Waals surface area contributed by atoms with Crippen molar-refractivity contribution in [2.45, 2.75) is 39.7 Å². The predicted octanol–water partition coefficient (Wildman–Crippen LogP) is 2.63. The van der Waals surface area contributed by atoms with Gasteiger partial charge in [0.15, 0.2) is 0 Å². The van der Waals surface area contributed by atoms with Crippen molar-refractivity contribution >= 4 is 11.7 Å². The Morgan fingerprint density at radius 2 is 2.33 bits per heavy atom. The minimum atomic E-state index is -0.668. The van der Waals surface area contributed by atoms with Gasteiger partial charge in [0.2, 0.25) is 5.69 Å². The van der Waals surface area contributed by atoms with E-state index in [0.717, 1.165) is 19.3 Å². The zero-order chi connectivity index (χ0) is 15.4. The smallest absolute Gasteiger partial charge is 0.363 e. The number of allylic oxidation sites excluding steroid dienone is 2. The van der Waals surface area contributed by atoms with Crippen molar-refractivity contribution in [3.63, 3.8) is 0 Å². The summed E-state index contributed by atoms with van der Waals surface area (Å²) in [6.45, 7) is 3.96. The number of ether oxygens (including phenoxy) is 1. The summed E-state index contributed by atoms with van der Waals surface area (Å²) in [5.74, 6) is -0.379.